The molecular formula is C24H29N3O7. The van der Waals surface area contributed by atoms with Crippen LogP contribution in [0.3, 0.4) is 0 Å². The number of carboxylic acid groups (broad SMARTS) is 1. The Bertz CT molecular complexity index is 980. The van der Waals surface area contributed by atoms with Crippen LogP contribution in [0.5, 0.6) is 5.75 Å². The van der Waals surface area contributed by atoms with Crippen molar-refractivity contribution in [3.63, 3.8) is 0 Å². The van der Waals surface area contributed by atoms with Gasteiger partial charge >= 0.3 is 5.97 Å². The minimum absolute atomic E-state index is 0.0973. The van der Waals surface area contributed by atoms with E-state index in [0.717, 1.165) is 11.1 Å². The molecule has 2 aromatic rings. The van der Waals surface area contributed by atoms with Crippen LogP contribution in [-0.4, -0.2) is 82.0 Å². The summed E-state index contributed by atoms with van der Waals surface area (Å²) in [6.07, 6.45) is -1.71. The van der Waals surface area contributed by atoms with Crippen LogP contribution in [0, 0.1) is 0 Å². The predicted octanol–water partition coefficient (Wildman–Crippen LogP) is -0.338. The van der Waals surface area contributed by atoms with Gasteiger partial charge in [-0.25, -0.2) is 4.79 Å². The van der Waals surface area contributed by atoms with Crippen LogP contribution < -0.4 is 11.1 Å². The normalized spacial score (nSPS) is 17.3. The Morgan fingerprint density at radius 3 is 2.26 bits per heavy atom. The number of phenolic OH excluding ortho intramolecular Hbond substituents is 1. The first kappa shape index (κ1) is 25.2. The number of nitrogens with one attached hydrogen (secondary N) is 1. The highest BCUT2D eigenvalue weighted by atomic mass is 16.6. The third-order valence-electron chi connectivity index (χ3n) is 5.46. The van der Waals surface area contributed by atoms with E-state index in [9.17, 15) is 29.7 Å². The lowest BCUT2D eigenvalue weighted by molar-refractivity contribution is -0.149. The number of aromatic hydroxyl groups is 1. The maximum Gasteiger partial charge on any atom is 0.334 e. The van der Waals surface area contributed by atoms with Gasteiger partial charge in [0.05, 0.1) is 31.3 Å². The molecular weight excluding hydrogens is 442 g/mol. The number of amides is 2. The maximum atomic E-state index is 13.0. The maximum absolute atomic E-state index is 13.0. The van der Waals surface area contributed by atoms with Crippen molar-refractivity contribution in [1.29, 1.82) is 0 Å². The Kier molecular flexibility index (Phi) is 8.58. The first-order valence-corrected chi connectivity index (χ1v) is 10.9. The molecule has 2 aromatic carbocycles. The molecule has 1 heterocycles. The van der Waals surface area contributed by atoms with Gasteiger partial charge < -0.3 is 36.0 Å². The van der Waals surface area contributed by atoms with E-state index in [1.54, 1.807) is 42.5 Å². The molecule has 1 aliphatic rings. The van der Waals surface area contributed by atoms with E-state index in [2.05, 4.69) is 5.32 Å². The van der Waals surface area contributed by atoms with E-state index in [1.807, 2.05) is 0 Å². The number of carboxylic acids is 1. The molecule has 1 fully saturated rings. The van der Waals surface area contributed by atoms with Crippen LogP contribution >= 0.6 is 0 Å². The number of phenols is 1. The number of epoxide rings is 1. The lowest BCUT2D eigenvalue weighted by Gasteiger charge is -2.27. The summed E-state index contributed by atoms with van der Waals surface area (Å²) < 4.78 is 5.20. The van der Waals surface area contributed by atoms with Crippen molar-refractivity contribution in [2.24, 2.45) is 5.73 Å². The fourth-order valence-corrected chi connectivity index (χ4v) is 3.57. The molecule has 0 bridgehead atoms. The van der Waals surface area contributed by atoms with E-state index in [1.165, 1.54) is 17.0 Å². The van der Waals surface area contributed by atoms with Crippen molar-refractivity contribution in [2.45, 2.75) is 37.1 Å². The lowest BCUT2D eigenvalue weighted by atomic mass is 10.0. The number of nitrogens with zero attached hydrogens (tertiary/aromatic N) is 1. The summed E-state index contributed by atoms with van der Waals surface area (Å²) >= 11 is 0. The fraction of sp³-hybridized carbons (Fsp3) is 0.375. The Labute approximate surface area is 196 Å². The van der Waals surface area contributed by atoms with Gasteiger partial charge in [0.25, 0.3) is 0 Å². The molecule has 0 spiro atoms. The standard InChI is InChI=1S/C24H29N3O7/c25-19(10-16-6-8-17(28)9-7-16)23(31)27(12-18-14-34-18)13-21(29)26-20(22(30)24(32)33)11-15-4-2-1-3-5-15/h1-9,18-20,22,28,30H,10-14,25H2,(H,26,29)(H,32,33)/t18-,19?,20-,22+/m0/s1. The van der Waals surface area contributed by atoms with E-state index in [0.29, 0.717) is 6.61 Å². The Balaban J connectivity index is 1.65. The number of aliphatic hydroxyl groups is 1. The summed E-state index contributed by atoms with van der Waals surface area (Å²) in [5.41, 5.74) is 7.60. The Hall–Kier alpha value is -3.47. The topological polar surface area (TPSA) is 166 Å². The van der Waals surface area contributed by atoms with Crippen molar-refractivity contribution < 1.29 is 34.4 Å². The summed E-state index contributed by atoms with van der Waals surface area (Å²) in [5.74, 6) is -2.44. The summed E-state index contributed by atoms with van der Waals surface area (Å²) in [7, 11) is 0. The fourth-order valence-electron chi connectivity index (χ4n) is 3.57. The van der Waals surface area contributed by atoms with Crippen LogP contribution in [0.2, 0.25) is 0 Å². The molecule has 6 N–H and O–H groups in total. The molecule has 1 unspecified atom stereocenters. The number of aliphatic carboxylic acids is 1. The molecule has 34 heavy (non-hydrogen) atoms. The van der Waals surface area contributed by atoms with Crippen molar-refractivity contribution in [3.8, 4) is 5.75 Å². The minimum Gasteiger partial charge on any atom is -0.508 e. The second-order valence-corrected chi connectivity index (χ2v) is 8.30. The summed E-state index contributed by atoms with van der Waals surface area (Å²) in [4.78, 5) is 38.4. The number of rotatable bonds is 12. The number of hydrogen-bond donors (Lipinski definition) is 5. The highest BCUT2D eigenvalue weighted by Gasteiger charge is 2.33. The lowest BCUT2D eigenvalue weighted by Crippen LogP contribution is -2.54. The number of hydrogen-bond acceptors (Lipinski definition) is 7. The summed E-state index contributed by atoms with van der Waals surface area (Å²) in [6, 6.07) is 13.2. The highest BCUT2D eigenvalue weighted by molar-refractivity contribution is 5.88. The predicted molar refractivity (Wildman–Crippen MR) is 122 cm³/mol. The van der Waals surface area contributed by atoms with Gasteiger partial charge in [-0.05, 0) is 36.1 Å². The van der Waals surface area contributed by atoms with Crippen LogP contribution in [0.25, 0.3) is 0 Å². The first-order chi connectivity index (χ1) is 16.2. The quantitative estimate of drug-likeness (QED) is 0.262. The van der Waals surface area contributed by atoms with Crippen LogP contribution in [-0.2, 0) is 32.0 Å². The number of carbonyl (C=O) groups excluding carboxylic acids is 2. The zero-order valence-electron chi connectivity index (χ0n) is 18.5. The van der Waals surface area contributed by atoms with Crippen LogP contribution in [0.1, 0.15) is 11.1 Å². The average Bonchev–Trinajstić information content (AvgIpc) is 3.63. The molecule has 0 aliphatic carbocycles. The van der Waals surface area contributed by atoms with Gasteiger partial charge in [-0.1, -0.05) is 42.5 Å². The smallest absolute Gasteiger partial charge is 0.334 e. The van der Waals surface area contributed by atoms with Gasteiger partial charge in [-0.15, -0.1) is 0 Å². The van der Waals surface area contributed by atoms with E-state index in [4.69, 9.17) is 10.5 Å². The van der Waals surface area contributed by atoms with Gasteiger partial charge in [0.2, 0.25) is 11.8 Å². The van der Waals surface area contributed by atoms with Crippen LogP contribution in [0.15, 0.2) is 54.6 Å². The van der Waals surface area contributed by atoms with Crippen molar-refractivity contribution in [3.05, 3.63) is 65.7 Å². The number of carbonyl (C=O) groups is 3. The molecule has 0 aromatic heterocycles. The molecule has 2 amide bonds. The van der Waals surface area contributed by atoms with Crippen molar-refractivity contribution >= 4 is 17.8 Å². The molecule has 1 saturated heterocycles. The second-order valence-electron chi connectivity index (χ2n) is 8.30. The van der Waals surface area contributed by atoms with Gasteiger partial charge in [0.1, 0.15) is 5.75 Å². The zero-order chi connectivity index (χ0) is 24.7. The molecule has 3 rings (SSSR count). The molecule has 10 nitrogen and oxygen atoms in total. The zero-order valence-corrected chi connectivity index (χ0v) is 18.5. The summed E-state index contributed by atoms with van der Waals surface area (Å²) in [6.45, 7) is 0.271. The summed E-state index contributed by atoms with van der Waals surface area (Å²) in [5, 5.41) is 31.3. The van der Waals surface area contributed by atoms with Gasteiger partial charge in [0.15, 0.2) is 6.10 Å². The largest absolute Gasteiger partial charge is 0.508 e. The monoisotopic (exact) mass is 471 g/mol. The number of benzene rings is 2. The van der Waals surface area contributed by atoms with E-state index in [-0.39, 0.29) is 37.8 Å². The van der Waals surface area contributed by atoms with Crippen molar-refractivity contribution in [2.75, 3.05) is 19.7 Å². The average molecular weight is 472 g/mol. The van der Waals surface area contributed by atoms with Gasteiger partial charge in [-0.3, -0.25) is 9.59 Å². The van der Waals surface area contributed by atoms with Gasteiger partial charge in [-0.2, -0.15) is 0 Å². The molecule has 10 heteroatoms. The van der Waals surface area contributed by atoms with Gasteiger partial charge in [0, 0.05) is 6.54 Å². The molecule has 4 atom stereocenters. The third-order valence-corrected chi connectivity index (χ3v) is 5.46. The number of ether oxygens (including phenoxy) is 1. The van der Waals surface area contributed by atoms with E-state index < -0.39 is 36.0 Å². The molecule has 0 saturated carbocycles. The first-order valence-electron chi connectivity index (χ1n) is 10.9. The highest BCUT2D eigenvalue weighted by Crippen LogP contribution is 2.15. The molecule has 182 valence electrons. The molecule has 1 aliphatic heterocycles. The Morgan fingerprint density at radius 1 is 1.06 bits per heavy atom. The Morgan fingerprint density at radius 2 is 1.68 bits per heavy atom. The van der Waals surface area contributed by atoms with Crippen LogP contribution in [0.4, 0.5) is 0 Å². The van der Waals surface area contributed by atoms with Crippen molar-refractivity contribution in [1.82, 2.24) is 10.2 Å². The second kappa shape index (κ2) is 11.6. The molecule has 0 radical (unpaired) electrons. The number of aliphatic hydroxyl groups excluding tert-OH is 1. The third kappa shape index (κ3) is 7.55. The van der Waals surface area contributed by atoms with E-state index >= 15 is 0 Å². The minimum atomic E-state index is -1.82. The number of nitrogens with two attached hydrogens (primary N) is 1. The SMILES string of the molecule is NC(Cc1ccc(O)cc1)C(=O)N(CC(=O)N[C@@H](Cc1ccccc1)[C@@H](O)C(=O)O)C[C@H]1CO1.